The van der Waals surface area contributed by atoms with Crippen LogP contribution in [-0.2, 0) is 9.59 Å². The summed E-state index contributed by atoms with van der Waals surface area (Å²) in [5.41, 5.74) is 0.541. The highest BCUT2D eigenvalue weighted by Crippen LogP contribution is 2.52. The quantitative estimate of drug-likeness (QED) is 0.923. The molecule has 1 atom stereocenters. The van der Waals surface area contributed by atoms with Crippen molar-refractivity contribution >= 4 is 29.2 Å². The number of hydrogen-bond donors (Lipinski definition) is 1. The van der Waals surface area contributed by atoms with Crippen LogP contribution in [0.4, 0.5) is 5.69 Å². The summed E-state index contributed by atoms with van der Waals surface area (Å²) in [7, 11) is 0. The minimum absolute atomic E-state index is 0.0275. The number of halogens is 1. The van der Waals surface area contributed by atoms with Gasteiger partial charge in [0, 0.05) is 16.6 Å². The molecule has 1 aliphatic rings. The number of nitrogens with zero attached hydrogens (tertiary/aromatic N) is 1. The first kappa shape index (κ1) is 13.9. The molecule has 19 heavy (non-hydrogen) atoms. The van der Waals surface area contributed by atoms with E-state index in [9.17, 15) is 9.59 Å². The zero-order valence-corrected chi connectivity index (χ0v) is 11.6. The van der Waals surface area contributed by atoms with Crippen molar-refractivity contribution in [3.05, 3.63) is 29.3 Å². The fourth-order valence-corrected chi connectivity index (χ4v) is 2.26. The van der Waals surface area contributed by atoms with Gasteiger partial charge in [-0.05, 0) is 36.1 Å². The van der Waals surface area contributed by atoms with E-state index in [0.29, 0.717) is 10.7 Å². The summed E-state index contributed by atoms with van der Waals surface area (Å²) >= 11 is 5.80. The smallest absolute Gasteiger partial charge is 0.323 e. The number of aliphatic carboxylic acids is 1. The van der Waals surface area contributed by atoms with Gasteiger partial charge in [-0.3, -0.25) is 9.59 Å². The number of anilines is 1. The van der Waals surface area contributed by atoms with Crippen LogP contribution < -0.4 is 4.90 Å². The Morgan fingerprint density at radius 2 is 1.89 bits per heavy atom. The summed E-state index contributed by atoms with van der Waals surface area (Å²) < 4.78 is 0. The van der Waals surface area contributed by atoms with E-state index in [0.717, 1.165) is 6.42 Å². The van der Waals surface area contributed by atoms with Crippen molar-refractivity contribution < 1.29 is 14.7 Å². The maximum atomic E-state index is 12.4. The largest absolute Gasteiger partial charge is 0.480 e. The van der Waals surface area contributed by atoms with Crippen LogP contribution in [0.1, 0.15) is 20.3 Å². The predicted molar refractivity (Wildman–Crippen MR) is 73.3 cm³/mol. The fraction of sp³-hybridized carbons (Fsp3) is 0.429. The normalized spacial score (nSPS) is 19.8. The predicted octanol–water partition coefficient (Wildman–Crippen LogP) is 2.80. The molecule has 4 nitrogen and oxygen atoms in total. The molecule has 0 saturated heterocycles. The van der Waals surface area contributed by atoms with Crippen LogP contribution in [0.25, 0.3) is 0 Å². The zero-order valence-electron chi connectivity index (χ0n) is 10.9. The van der Waals surface area contributed by atoms with Crippen molar-refractivity contribution in [3.8, 4) is 0 Å². The molecule has 1 aromatic carbocycles. The summed E-state index contributed by atoms with van der Waals surface area (Å²) in [6, 6.07) is 6.63. The Balaban J connectivity index is 2.23. The van der Waals surface area contributed by atoms with Crippen molar-refractivity contribution in [2.75, 3.05) is 11.4 Å². The van der Waals surface area contributed by atoms with Gasteiger partial charge in [0.25, 0.3) is 0 Å². The Labute approximate surface area is 117 Å². The number of carboxylic acids is 1. The average Bonchev–Trinajstić information content (AvgIpc) is 2.96. The first-order valence-electron chi connectivity index (χ1n) is 6.10. The monoisotopic (exact) mass is 281 g/mol. The summed E-state index contributed by atoms with van der Waals surface area (Å²) in [6.07, 6.45) is 0.801. The SMILES string of the molecule is CC1(C)CC1C(=O)N(CC(=O)O)c1ccc(Cl)cc1. The van der Waals surface area contributed by atoms with Crippen molar-refractivity contribution in [1.82, 2.24) is 0 Å². The molecule has 0 heterocycles. The molecule has 1 aromatic rings. The van der Waals surface area contributed by atoms with Crippen molar-refractivity contribution in [2.24, 2.45) is 11.3 Å². The maximum Gasteiger partial charge on any atom is 0.323 e. The van der Waals surface area contributed by atoms with Gasteiger partial charge in [-0.25, -0.2) is 0 Å². The van der Waals surface area contributed by atoms with Gasteiger partial charge < -0.3 is 10.0 Å². The topological polar surface area (TPSA) is 57.6 Å². The van der Waals surface area contributed by atoms with E-state index in [-0.39, 0.29) is 23.8 Å². The molecule has 1 N–H and O–H groups in total. The minimum atomic E-state index is -1.03. The molecule has 5 heteroatoms. The first-order chi connectivity index (χ1) is 8.81. The standard InChI is InChI=1S/C14H16ClNO3/c1-14(2)7-11(14)13(19)16(8-12(17)18)10-5-3-9(15)4-6-10/h3-6,11H,7-8H2,1-2H3,(H,17,18). The molecular weight excluding hydrogens is 266 g/mol. The Morgan fingerprint density at radius 3 is 2.32 bits per heavy atom. The number of hydrogen-bond acceptors (Lipinski definition) is 2. The van der Waals surface area contributed by atoms with Crippen LogP contribution in [0, 0.1) is 11.3 Å². The van der Waals surface area contributed by atoms with Crippen LogP contribution >= 0.6 is 11.6 Å². The van der Waals surface area contributed by atoms with E-state index in [1.807, 2.05) is 13.8 Å². The van der Waals surface area contributed by atoms with Gasteiger partial charge >= 0.3 is 5.97 Å². The van der Waals surface area contributed by atoms with Gasteiger partial charge in [-0.15, -0.1) is 0 Å². The molecule has 0 aliphatic heterocycles. The third-order valence-corrected chi connectivity index (χ3v) is 3.76. The third kappa shape index (κ3) is 3.07. The van der Waals surface area contributed by atoms with Gasteiger partial charge in [0.2, 0.25) is 5.91 Å². The molecule has 2 rings (SSSR count). The van der Waals surface area contributed by atoms with Gasteiger partial charge in [-0.2, -0.15) is 0 Å². The Hall–Kier alpha value is -1.55. The van der Waals surface area contributed by atoms with Gasteiger partial charge in [0.15, 0.2) is 0 Å². The Kier molecular flexibility index (Phi) is 3.54. The second-order valence-electron chi connectivity index (χ2n) is 5.54. The Bertz CT molecular complexity index is 510. The minimum Gasteiger partial charge on any atom is -0.480 e. The molecule has 1 amide bonds. The van der Waals surface area contributed by atoms with Crippen LogP contribution in [0.3, 0.4) is 0 Å². The number of carboxylic acid groups (broad SMARTS) is 1. The lowest BCUT2D eigenvalue weighted by Crippen LogP contribution is -2.37. The number of amides is 1. The first-order valence-corrected chi connectivity index (χ1v) is 6.48. The van der Waals surface area contributed by atoms with E-state index in [2.05, 4.69) is 0 Å². The van der Waals surface area contributed by atoms with Gasteiger partial charge in [-0.1, -0.05) is 25.4 Å². The lowest BCUT2D eigenvalue weighted by molar-refractivity contribution is -0.136. The molecule has 1 aliphatic carbocycles. The van der Waals surface area contributed by atoms with E-state index in [1.54, 1.807) is 24.3 Å². The molecule has 0 spiro atoms. The number of carbonyl (C=O) groups excluding carboxylic acids is 1. The van der Waals surface area contributed by atoms with E-state index in [4.69, 9.17) is 16.7 Å². The summed E-state index contributed by atoms with van der Waals surface area (Å²) in [5, 5.41) is 9.51. The highest BCUT2D eigenvalue weighted by Gasteiger charge is 2.52. The molecule has 1 fully saturated rings. The second-order valence-corrected chi connectivity index (χ2v) is 5.98. The third-order valence-electron chi connectivity index (χ3n) is 3.51. The molecule has 1 unspecified atom stereocenters. The average molecular weight is 282 g/mol. The molecule has 102 valence electrons. The highest BCUT2D eigenvalue weighted by atomic mass is 35.5. The van der Waals surface area contributed by atoms with Crippen LogP contribution in [0.2, 0.25) is 5.02 Å². The fourth-order valence-electron chi connectivity index (χ4n) is 2.13. The van der Waals surface area contributed by atoms with E-state index in [1.165, 1.54) is 4.90 Å². The molecule has 0 radical (unpaired) electrons. The summed E-state index contributed by atoms with van der Waals surface area (Å²) in [5.74, 6) is -1.25. The number of rotatable bonds is 4. The van der Waals surface area contributed by atoms with E-state index < -0.39 is 5.97 Å². The summed E-state index contributed by atoms with van der Waals surface area (Å²) in [4.78, 5) is 24.6. The highest BCUT2D eigenvalue weighted by molar-refractivity contribution is 6.30. The molecule has 0 bridgehead atoms. The van der Waals surface area contributed by atoms with Crippen molar-refractivity contribution in [3.63, 3.8) is 0 Å². The van der Waals surface area contributed by atoms with Gasteiger partial charge in [0.05, 0.1) is 0 Å². The Morgan fingerprint density at radius 1 is 1.37 bits per heavy atom. The van der Waals surface area contributed by atoms with Crippen molar-refractivity contribution in [2.45, 2.75) is 20.3 Å². The number of benzene rings is 1. The molecular formula is C14H16ClNO3. The van der Waals surface area contributed by atoms with Crippen LogP contribution in [0.15, 0.2) is 24.3 Å². The number of carbonyl (C=O) groups is 2. The second kappa shape index (κ2) is 4.85. The lowest BCUT2D eigenvalue weighted by Gasteiger charge is -2.21. The maximum absolute atomic E-state index is 12.4. The van der Waals surface area contributed by atoms with Gasteiger partial charge in [0.1, 0.15) is 6.54 Å². The lowest BCUT2D eigenvalue weighted by atomic mass is 10.1. The molecule has 1 saturated carbocycles. The van der Waals surface area contributed by atoms with E-state index >= 15 is 0 Å². The van der Waals surface area contributed by atoms with Crippen LogP contribution in [0.5, 0.6) is 0 Å². The molecule has 0 aromatic heterocycles. The zero-order chi connectivity index (χ0) is 14.2. The van der Waals surface area contributed by atoms with Crippen LogP contribution in [-0.4, -0.2) is 23.5 Å². The van der Waals surface area contributed by atoms with Crippen molar-refractivity contribution in [1.29, 1.82) is 0 Å². The summed E-state index contributed by atoms with van der Waals surface area (Å²) in [6.45, 7) is 3.69.